The van der Waals surface area contributed by atoms with Crippen LogP contribution in [-0.2, 0) is 6.42 Å². The molecule has 134 valence electrons. The maximum absolute atomic E-state index is 12.3. The number of unbranched alkanes of at least 4 members (excludes halogenated alkanes) is 1. The lowest BCUT2D eigenvalue weighted by Crippen LogP contribution is -2.27. The van der Waals surface area contributed by atoms with E-state index in [0.717, 1.165) is 42.9 Å². The van der Waals surface area contributed by atoms with Gasteiger partial charge in [0.2, 0.25) is 0 Å². The van der Waals surface area contributed by atoms with E-state index in [2.05, 4.69) is 22.2 Å². The molecule has 0 saturated heterocycles. The first kappa shape index (κ1) is 18.7. The second kappa shape index (κ2) is 9.61. The molecular weight excluding hydrogens is 316 g/mol. The van der Waals surface area contributed by atoms with Gasteiger partial charge in [0.25, 0.3) is 5.91 Å². The lowest BCUT2D eigenvalue weighted by Gasteiger charge is -2.17. The van der Waals surface area contributed by atoms with Crippen molar-refractivity contribution in [3.8, 4) is 5.75 Å². The molecule has 1 amide bonds. The highest BCUT2D eigenvalue weighted by atomic mass is 16.5. The summed E-state index contributed by atoms with van der Waals surface area (Å²) in [5, 5.41) is 2.91. The van der Waals surface area contributed by atoms with Crippen molar-refractivity contribution in [1.29, 1.82) is 0 Å². The van der Waals surface area contributed by atoms with Gasteiger partial charge in [-0.1, -0.05) is 25.5 Å². The molecule has 1 heterocycles. The van der Waals surface area contributed by atoms with Gasteiger partial charge in [-0.3, -0.25) is 4.79 Å². The molecule has 6 heteroatoms. The lowest BCUT2D eigenvalue weighted by atomic mass is 10.1. The number of amides is 1. The summed E-state index contributed by atoms with van der Waals surface area (Å²) in [5.41, 5.74) is 1.53. The molecular formula is C19H26N4O2. The van der Waals surface area contributed by atoms with Gasteiger partial charge in [0.15, 0.2) is 0 Å². The number of anilines is 1. The van der Waals surface area contributed by atoms with Crippen LogP contribution < -0.4 is 15.0 Å². The quantitative estimate of drug-likeness (QED) is 0.759. The number of nitrogens with zero attached hydrogens (tertiary/aromatic N) is 3. The summed E-state index contributed by atoms with van der Waals surface area (Å²) >= 11 is 0. The van der Waals surface area contributed by atoms with Crippen LogP contribution in [0.3, 0.4) is 0 Å². The van der Waals surface area contributed by atoms with Gasteiger partial charge in [-0.2, -0.15) is 0 Å². The van der Waals surface area contributed by atoms with Crippen LogP contribution in [-0.4, -0.2) is 43.1 Å². The zero-order valence-corrected chi connectivity index (χ0v) is 15.2. The molecule has 0 saturated carbocycles. The van der Waals surface area contributed by atoms with E-state index in [-0.39, 0.29) is 5.91 Å². The van der Waals surface area contributed by atoms with Crippen molar-refractivity contribution in [1.82, 2.24) is 15.3 Å². The van der Waals surface area contributed by atoms with Crippen LogP contribution in [0.1, 0.15) is 35.8 Å². The number of aromatic nitrogens is 2. The Kier molecular flexibility index (Phi) is 7.19. The third-order valence-electron chi connectivity index (χ3n) is 3.98. The number of hydrogen-bond donors (Lipinski definition) is 1. The zero-order valence-electron chi connectivity index (χ0n) is 15.2. The van der Waals surface area contributed by atoms with Gasteiger partial charge < -0.3 is 15.0 Å². The van der Waals surface area contributed by atoms with Gasteiger partial charge >= 0.3 is 0 Å². The van der Waals surface area contributed by atoms with Crippen molar-refractivity contribution in [3.05, 3.63) is 47.9 Å². The van der Waals surface area contributed by atoms with Crippen LogP contribution in [0.2, 0.25) is 0 Å². The average Bonchev–Trinajstić information content (AvgIpc) is 2.66. The van der Waals surface area contributed by atoms with Crippen LogP contribution in [0.15, 0.2) is 36.7 Å². The fourth-order valence-electron chi connectivity index (χ4n) is 2.39. The number of carbonyl (C=O) groups is 1. The molecule has 1 aromatic carbocycles. The number of benzene rings is 1. The lowest BCUT2D eigenvalue weighted by molar-refractivity contribution is 0.0949. The maximum Gasteiger partial charge on any atom is 0.270 e. The number of hydrogen-bond acceptors (Lipinski definition) is 5. The van der Waals surface area contributed by atoms with Crippen LogP contribution in [0, 0.1) is 0 Å². The molecule has 0 spiro atoms. The van der Waals surface area contributed by atoms with Gasteiger partial charge in [0, 0.05) is 26.2 Å². The Morgan fingerprint density at radius 3 is 2.68 bits per heavy atom. The fraction of sp³-hybridized carbons (Fsp3) is 0.421. The molecule has 0 atom stereocenters. The zero-order chi connectivity index (χ0) is 18.1. The summed E-state index contributed by atoms with van der Waals surface area (Å²) < 4.78 is 5.14. The molecule has 0 bridgehead atoms. The predicted octanol–water partition coefficient (Wildman–Crippen LogP) is 2.69. The molecule has 1 aromatic heterocycles. The highest BCUT2D eigenvalue weighted by Gasteiger charge is 2.10. The number of ether oxygens (including phenoxy) is 1. The van der Waals surface area contributed by atoms with E-state index in [1.165, 1.54) is 6.33 Å². The molecule has 0 radical (unpaired) electrons. The Labute approximate surface area is 149 Å². The summed E-state index contributed by atoms with van der Waals surface area (Å²) in [4.78, 5) is 22.7. The Balaban J connectivity index is 1.87. The third-order valence-corrected chi connectivity index (χ3v) is 3.98. The highest BCUT2D eigenvalue weighted by Crippen LogP contribution is 2.12. The minimum Gasteiger partial charge on any atom is -0.497 e. The molecule has 0 unspecified atom stereocenters. The standard InChI is InChI=1S/C19H26N4O2/c1-4-5-12-23(2)18-13-17(21-14-22-18)19(24)20-11-10-15-6-8-16(25-3)9-7-15/h6-9,13-14H,4-5,10-12H2,1-3H3,(H,20,24). The van der Waals surface area contributed by atoms with E-state index in [0.29, 0.717) is 12.2 Å². The molecule has 2 rings (SSSR count). The van der Waals surface area contributed by atoms with Crippen molar-refractivity contribution >= 4 is 11.7 Å². The monoisotopic (exact) mass is 342 g/mol. The van der Waals surface area contributed by atoms with Crippen LogP contribution in [0.5, 0.6) is 5.75 Å². The minimum absolute atomic E-state index is 0.180. The highest BCUT2D eigenvalue weighted by molar-refractivity contribution is 5.92. The first-order valence-electron chi connectivity index (χ1n) is 8.58. The van der Waals surface area contributed by atoms with Gasteiger partial charge in [-0.05, 0) is 30.5 Å². The normalized spacial score (nSPS) is 10.4. The van der Waals surface area contributed by atoms with Crippen molar-refractivity contribution in [2.45, 2.75) is 26.2 Å². The molecule has 25 heavy (non-hydrogen) atoms. The first-order valence-corrected chi connectivity index (χ1v) is 8.58. The molecule has 1 N–H and O–H groups in total. The van der Waals surface area contributed by atoms with Crippen LogP contribution in [0.25, 0.3) is 0 Å². The van der Waals surface area contributed by atoms with E-state index in [9.17, 15) is 4.79 Å². The van der Waals surface area contributed by atoms with Gasteiger partial charge in [-0.25, -0.2) is 9.97 Å². The smallest absolute Gasteiger partial charge is 0.270 e. The summed E-state index contributed by atoms with van der Waals surface area (Å²) in [6.07, 6.45) is 4.40. The third kappa shape index (κ3) is 5.74. The SMILES string of the molecule is CCCCN(C)c1cc(C(=O)NCCc2ccc(OC)cc2)ncn1. The van der Waals surface area contributed by atoms with Crippen molar-refractivity contribution in [2.24, 2.45) is 0 Å². The molecule has 0 fully saturated rings. The summed E-state index contributed by atoms with van der Waals surface area (Å²) in [5.74, 6) is 1.42. The average molecular weight is 342 g/mol. The van der Waals surface area contributed by atoms with E-state index >= 15 is 0 Å². The minimum atomic E-state index is -0.180. The van der Waals surface area contributed by atoms with Crippen LogP contribution >= 0.6 is 0 Å². The predicted molar refractivity (Wildman–Crippen MR) is 99.2 cm³/mol. The van der Waals surface area contributed by atoms with E-state index in [4.69, 9.17) is 4.74 Å². The molecule has 2 aromatic rings. The number of rotatable bonds is 9. The second-order valence-electron chi connectivity index (χ2n) is 5.89. The topological polar surface area (TPSA) is 67.4 Å². The Morgan fingerprint density at radius 1 is 1.24 bits per heavy atom. The first-order chi connectivity index (χ1) is 12.1. The van der Waals surface area contributed by atoms with E-state index in [1.807, 2.05) is 36.2 Å². The summed E-state index contributed by atoms with van der Waals surface area (Å²) in [7, 11) is 3.62. The molecule has 6 nitrogen and oxygen atoms in total. The molecule has 0 aliphatic rings. The maximum atomic E-state index is 12.3. The number of methoxy groups -OCH3 is 1. The largest absolute Gasteiger partial charge is 0.497 e. The van der Waals surface area contributed by atoms with Gasteiger partial charge in [0.1, 0.15) is 23.6 Å². The van der Waals surface area contributed by atoms with Crippen molar-refractivity contribution in [3.63, 3.8) is 0 Å². The van der Waals surface area contributed by atoms with E-state index < -0.39 is 0 Å². The fourth-order valence-corrected chi connectivity index (χ4v) is 2.39. The van der Waals surface area contributed by atoms with E-state index in [1.54, 1.807) is 13.2 Å². The Hall–Kier alpha value is -2.63. The van der Waals surface area contributed by atoms with Crippen molar-refractivity contribution < 1.29 is 9.53 Å². The number of carbonyl (C=O) groups excluding carboxylic acids is 1. The van der Waals surface area contributed by atoms with Crippen molar-refractivity contribution in [2.75, 3.05) is 32.1 Å². The number of nitrogens with one attached hydrogen (secondary N) is 1. The van der Waals surface area contributed by atoms with Gasteiger partial charge in [-0.15, -0.1) is 0 Å². The second-order valence-corrected chi connectivity index (χ2v) is 5.89. The summed E-state index contributed by atoms with van der Waals surface area (Å²) in [6.45, 7) is 3.61. The summed E-state index contributed by atoms with van der Waals surface area (Å²) in [6, 6.07) is 9.56. The Morgan fingerprint density at radius 2 is 2.00 bits per heavy atom. The molecule has 0 aliphatic carbocycles. The molecule has 0 aliphatic heterocycles. The Bertz CT molecular complexity index is 673. The van der Waals surface area contributed by atoms with Gasteiger partial charge in [0.05, 0.1) is 7.11 Å². The van der Waals surface area contributed by atoms with Crippen LogP contribution in [0.4, 0.5) is 5.82 Å².